The molecular weight excluding hydrogens is 476 g/mol. The van der Waals surface area contributed by atoms with Crippen LogP contribution < -0.4 is 9.47 Å². The molecular formula is C25H18O7S2. The summed E-state index contributed by atoms with van der Waals surface area (Å²) >= 11 is 0. The van der Waals surface area contributed by atoms with E-state index in [0.29, 0.717) is 0 Å². The van der Waals surface area contributed by atoms with Crippen molar-refractivity contribution in [2.75, 3.05) is 0 Å². The van der Waals surface area contributed by atoms with Crippen LogP contribution in [-0.2, 0) is 19.7 Å². The van der Waals surface area contributed by atoms with Crippen LogP contribution in [-0.4, -0.2) is 23.0 Å². The Morgan fingerprint density at radius 2 is 0.794 bits per heavy atom. The van der Waals surface area contributed by atoms with Gasteiger partial charge >= 0.3 is 6.16 Å². The first-order valence-electron chi connectivity index (χ1n) is 9.98. The maximum atomic E-state index is 13.0. The molecule has 4 aromatic rings. The predicted molar refractivity (Wildman–Crippen MR) is 123 cm³/mol. The van der Waals surface area contributed by atoms with Crippen molar-refractivity contribution in [2.24, 2.45) is 0 Å². The maximum absolute atomic E-state index is 13.0. The first-order valence-corrected chi connectivity index (χ1v) is 12.9. The van der Waals surface area contributed by atoms with E-state index in [1.165, 1.54) is 72.8 Å². The highest BCUT2D eigenvalue weighted by atomic mass is 32.2. The molecule has 0 bridgehead atoms. The van der Waals surface area contributed by atoms with Crippen molar-refractivity contribution in [3.8, 4) is 11.5 Å². The van der Waals surface area contributed by atoms with Gasteiger partial charge in [-0.1, -0.05) is 60.7 Å². The van der Waals surface area contributed by atoms with Crippen LogP contribution in [0.25, 0.3) is 0 Å². The number of carbonyl (C=O) groups excluding carboxylic acids is 1. The van der Waals surface area contributed by atoms with Crippen molar-refractivity contribution >= 4 is 25.8 Å². The molecule has 0 aliphatic heterocycles. The van der Waals surface area contributed by atoms with E-state index in [0.717, 1.165) is 0 Å². The topological polar surface area (TPSA) is 104 Å². The molecule has 34 heavy (non-hydrogen) atoms. The van der Waals surface area contributed by atoms with Crippen LogP contribution in [0.15, 0.2) is 129 Å². The minimum Gasteiger partial charge on any atom is -0.393 e. The average molecular weight is 495 g/mol. The molecule has 9 heteroatoms. The van der Waals surface area contributed by atoms with Gasteiger partial charge in [-0.3, -0.25) is 0 Å². The summed E-state index contributed by atoms with van der Waals surface area (Å²) in [4.78, 5) is 12.2. The fourth-order valence-electron chi connectivity index (χ4n) is 3.17. The fraction of sp³-hybridized carbons (Fsp3) is 0. The first-order chi connectivity index (χ1) is 16.3. The van der Waals surface area contributed by atoms with Gasteiger partial charge in [0.15, 0.2) is 11.5 Å². The second kappa shape index (κ2) is 9.50. The van der Waals surface area contributed by atoms with E-state index in [-0.39, 0.29) is 31.1 Å². The van der Waals surface area contributed by atoms with Gasteiger partial charge < -0.3 is 9.47 Å². The van der Waals surface area contributed by atoms with Crippen LogP contribution in [0.3, 0.4) is 0 Å². The maximum Gasteiger partial charge on any atom is 0.519 e. The van der Waals surface area contributed by atoms with Gasteiger partial charge in [0.2, 0.25) is 19.7 Å². The van der Waals surface area contributed by atoms with Crippen molar-refractivity contribution in [1.29, 1.82) is 0 Å². The first kappa shape index (κ1) is 23.2. The largest absolute Gasteiger partial charge is 0.519 e. The molecule has 0 radical (unpaired) electrons. The van der Waals surface area contributed by atoms with Crippen molar-refractivity contribution in [3.63, 3.8) is 0 Å². The van der Waals surface area contributed by atoms with Crippen LogP contribution in [0.5, 0.6) is 11.5 Å². The predicted octanol–water partition coefficient (Wildman–Crippen LogP) is 4.93. The van der Waals surface area contributed by atoms with Gasteiger partial charge in [0.25, 0.3) is 0 Å². The summed E-state index contributed by atoms with van der Waals surface area (Å²) in [6.45, 7) is 0. The molecule has 0 aliphatic rings. The zero-order valence-corrected chi connectivity index (χ0v) is 19.2. The van der Waals surface area contributed by atoms with Gasteiger partial charge in [0.05, 0.1) is 9.79 Å². The summed E-state index contributed by atoms with van der Waals surface area (Å²) in [6.07, 6.45) is -1.29. The normalized spacial score (nSPS) is 11.5. The fourth-order valence-corrected chi connectivity index (χ4v) is 5.97. The third kappa shape index (κ3) is 4.70. The average Bonchev–Trinajstić information content (AvgIpc) is 2.85. The van der Waals surface area contributed by atoms with Crippen LogP contribution in [0.4, 0.5) is 4.79 Å². The lowest BCUT2D eigenvalue weighted by molar-refractivity contribution is 0.149. The van der Waals surface area contributed by atoms with Crippen molar-refractivity contribution < 1.29 is 31.1 Å². The molecule has 7 nitrogen and oxygen atoms in total. The molecule has 0 saturated carbocycles. The SMILES string of the molecule is O=C(Oc1ccccc1S(=O)(=O)c1ccccc1)Oc1ccccc1S(=O)(=O)c1ccccc1. The Morgan fingerprint density at radius 3 is 1.18 bits per heavy atom. The number of benzene rings is 4. The molecule has 0 aromatic heterocycles. The quantitative estimate of drug-likeness (QED) is 0.276. The molecule has 0 saturated heterocycles. The van der Waals surface area contributed by atoms with Gasteiger partial charge in [0.1, 0.15) is 9.79 Å². The summed E-state index contributed by atoms with van der Waals surface area (Å²) in [5.41, 5.74) is 0. The van der Waals surface area contributed by atoms with Gasteiger partial charge in [-0.05, 0) is 48.5 Å². The zero-order chi connectivity index (χ0) is 24.2. The van der Waals surface area contributed by atoms with E-state index in [1.807, 2.05) is 0 Å². The number of sulfone groups is 2. The van der Waals surface area contributed by atoms with E-state index in [2.05, 4.69) is 0 Å². The van der Waals surface area contributed by atoms with E-state index >= 15 is 0 Å². The summed E-state index contributed by atoms with van der Waals surface area (Å²) in [5, 5.41) is 0. The summed E-state index contributed by atoms with van der Waals surface area (Å²) in [6, 6.07) is 26.6. The summed E-state index contributed by atoms with van der Waals surface area (Å²) in [7, 11) is -7.97. The minimum atomic E-state index is -3.98. The highest BCUT2D eigenvalue weighted by Crippen LogP contribution is 2.32. The molecule has 0 fully saturated rings. The third-order valence-electron chi connectivity index (χ3n) is 4.77. The summed E-state index contributed by atoms with van der Waals surface area (Å²) in [5.74, 6) is -0.500. The van der Waals surface area contributed by atoms with E-state index < -0.39 is 25.8 Å². The van der Waals surface area contributed by atoms with Crippen LogP contribution in [0, 0.1) is 0 Å². The van der Waals surface area contributed by atoms with Gasteiger partial charge in [0, 0.05) is 0 Å². The number of hydrogen-bond acceptors (Lipinski definition) is 7. The van der Waals surface area contributed by atoms with Crippen molar-refractivity contribution in [1.82, 2.24) is 0 Å². The molecule has 4 aromatic carbocycles. The minimum absolute atomic E-state index is 0.0266. The molecule has 0 unspecified atom stereocenters. The Hall–Kier alpha value is -3.95. The van der Waals surface area contributed by atoms with E-state index in [4.69, 9.17) is 9.47 Å². The Balaban J connectivity index is 1.63. The monoisotopic (exact) mass is 494 g/mol. The number of para-hydroxylation sites is 2. The van der Waals surface area contributed by atoms with E-state index in [1.54, 1.807) is 36.4 Å². The second-order valence-corrected chi connectivity index (χ2v) is 10.8. The number of ether oxygens (including phenoxy) is 2. The van der Waals surface area contributed by atoms with E-state index in [9.17, 15) is 21.6 Å². The van der Waals surface area contributed by atoms with Crippen molar-refractivity contribution in [2.45, 2.75) is 19.6 Å². The Bertz CT molecular complexity index is 1410. The zero-order valence-electron chi connectivity index (χ0n) is 17.6. The highest BCUT2D eigenvalue weighted by molar-refractivity contribution is 7.92. The lowest BCUT2D eigenvalue weighted by Crippen LogP contribution is -2.17. The molecule has 4 rings (SSSR count). The number of carbonyl (C=O) groups is 1. The lowest BCUT2D eigenvalue weighted by atomic mass is 10.3. The Morgan fingerprint density at radius 1 is 0.471 bits per heavy atom. The molecule has 172 valence electrons. The lowest BCUT2D eigenvalue weighted by Gasteiger charge is -2.13. The molecule has 0 N–H and O–H groups in total. The van der Waals surface area contributed by atoms with Crippen LogP contribution in [0.2, 0.25) is 0 Å². The second-order valence-electron chi connectivity index (χ2n) is 6.98. The van der Waals surface area contributed by atoms with Gasteiger partial charge in [-0.25, -0.2) is 21.6 Å². The summed E-state index contributed by atoms with van der Waals surface area (Å²) < 4.78 is 62.5. The standard InChI is InChI=1S/C25H18O7S2/c26-25(31-21-15-7-9-17-23(21)33(27,28)19-11-3-1-4-12-19)32-22-16-8-10-18-24(22)34(29,30)20-13-5-2-6-14-20/h1-18H. The molecule has 0 aliphatic carbocycles. The molecule has 0 atom stereocenters. The van der Waals surface area contributed by atoms with Gasteiger partial charge in [-0.2, -0.15) is 0 Å². The van der Waals surface area contributed by atoms with Crippen LogP contribution in [0.1, 0.15) is 0 Å². The third-order valence-corrected chi connectivity index (χ3v) is 8.39. The highest BCUT2D eigenvalue weighted by Gasteiger charge is 2.26. The van der Waals surface area contributed by atoms with Crippen molar-refractivity contribution in [3.05, 3.63) is 109 Å². The molecule has 0 amide bonds. The van der Waals surface area contributed by atoms with Gasteiger partial charge in [-0.15, -0.1) is 0 Å². The Labute approximate surface area is 197 Å². The molecule has 0 spiro atoms. The molecule has 0 heterocycles. The number of rotatable bonds is 6. The number of hydrogen-bond donors (Lipinski definition) is 0. The Kier molecular flexibility index (Phi) is 6.49. The van der Waals surface area contributed by atoms with Crippen LogP contribution >= 0.6 is 0 Å². The smallest absolute Gasteiger partial charge is 0.393 e.